The molecule has 3 heteroatoms. The van der Waals surface area contributed by atoms with Crippen LogP contribution in [0.1, 0.15) is 58.3 Å². The lowest BCUT2D eigenvalue weighted by Gasteiger charge is -2.03. The van der Waals surface area contributed by atoms with Crippen molar-refractivity contribution >= 4 is 28.6 Å². The summed E-state index contributed by atoms with van der Waals surface area (Å²) in [4.78, 5) is 10.8. The van der Waals surface area contributed by atoms with Crippen LogP contribution in [0.25, 0.3) is 0 Å². The summed E-state index contributed by atoms with van der Waals surface area (Å²) in [6, 6.07) is 0. The first kappa shape index (κ1) is 15.2. The van der Waals surface area contributed by atoms with Crippen molar-refractivity contribution in [2.45, 2.75) is 62.2 Å². The Morgan fingerprint density at radius 1 is 1.13 bits per heavy atom. The van der Waals surface area contributed by atoms with Crippen LogP contribution in [0, 0.1) is 0 Å². The van der Waals surface area contributed by atoms with Crippen LogP contribution < -0.4 is 0 Å². The first-order valence-electron chi connectivity index (χ1n) is 5.87. The number of ether oxygens (including phenoxy) is 1. The van der Waals surface area contributed by atoms with E-state index in [9.17, 15) is 4.79 Å². The topological polar surface area (TPSA) is 26.3 Å². The highest BCUT2D eigenvalue weighted by atomic mass is 127. The molecule has 0 heterocycles. The van der Waals surface area contributed by atoms with Gasteiger partial charge < -0.3 is 4.74 Å². The summed E-state index contributed by atoms with van der Waals surface area (Å²) >= 11 is 2.48. The Hall–Kier alpha value is 0.200. The van der Waals surface area contributed by atoms with E-state index < -0.39 is 0 Å². The smallest absolute Gasteiger partial charge is 0.305 e. The Labute approximate surface area is 107 Å². The Morgan fingerprint density at radius 2 is 1.67 bits per heavy atom. The zero-order valence-corrected chi connectivity index (χ0v) is 12.1. The average molecular weight is 326 g/mol. The lowest BCUT2D eigenvalue weighted by atomic mass is 10.1. The van der Waals surface area contributed by atoms with E-state index in [-0.39, 0.29) is 5.97 Å². The largest absolute Gasteiger partial charge is 0.469 e. The molecule has 0 N–H and O–H groups in total. The number of carbonyl (C=O) groups excluding carboxylic acids is 1. The molecule has 0 spiro atoms. The molecule has 0 bridgehead atoms. The van der Waals surface area contributed by atoms with Crippen LogP contribution in [-0.2, 0) is 9.53 Å². The molecule has 0 radical (unpaired) electrons. The first-order chi connectivity index (χ1) is 7.16. The van der Waals surface area contributed by atoms with Crippen LogP contribution in [0.15, 0.2) is 0 Å². The summed E-state index contributed by atoms with van der Waals surface area (Å²) in [7, 11) is 1.45. The van der Waals surface area contributed by atoms with Gasteiger partial charge in [0, 0.05) is 10.3 Å². The van der Waals surface area contributed by atoms with Crippen molar-refractivity contribution in [1.82, 2.24) is 0 Å². The van der Waals surface area contributed by atoms with Crippen molar-refractivity contribution in [3.05, 3.63) is 0 Å². The molecule has 0 amide bonds. The molecule has 90 valence electrons. The van der Waals surface area contributed by atoms with E-state index in [1.165, 1.54) is 39.2 Å². The molecule has 0 aliphatic heterocycles. The molecule has 0 aliphatic rings. The maximum absolute atomic E-state index is 10.8. The molecule has 15 heavy (non-hydrogen) atoms. The van der Waals surface area contributed by atoms with Crippen molar-refractivity contribution in [2.24, 2.45) is 0 Å². The number of hydrogen-bond acceptors (Lipinski definition) is 2. The SMILES string of the molecule is COC(=O)CCCCCCCCC(C)I. The van der Waals surface area contributed by atoms with Crippen LogP contribution in [0.3, 0.4) is 0 Å². The zero-order chi connectivity index (χ0) is 11.5. The molecule has 0 fully saturated rings. The van der Waals surface area contributed by atoms with E-state index in [4.69, 9.17) is 0 Å². The molecule has 0 aromatic heterocycles. The van der Waals surface area contributed by atoms with Gasteiger partial charge in [-0.1, -0.05) is 61.6 Å². The number of methoxy groups -OCH3 is 1. The lowest BCUT2D eigenvalue weighted by Crippen LogP contribution is -1.99. The summed E-state index contributed by atoms with van der Waals surface area (Å²) < 4.78 is 5.39. The quantitative estimate of drug-likeness (QED) is 0.276. The van der Waals surface area contributed by atoms with Crippen molar-refractivity contribution in [1.29, 1.82) is 0 Å². The van der Waals surface area contributed by atoms with Gasteiger partial charge in [-0.15, -0.1) is 0 Å². The van der Waals surface area contributed by atoms with Gasteiger partial charge in [-0.25, -0.2) is 0 Å². The van der Waals surface area contributed by atoms with Gasteiger partial charge in [0.05, 0.1) is 7.11 Å². The highest BCUT2D eigenvalue weighted by Gasteiger charge is 1.99. The molecule has 0 aliphatic carbocycles. The molecule has 1 unspecified atom stereocenters. The summed E-state index contributed by atoms with van der Waals surface area (Å²) in [5.74, 6) is -0.0752. The first-order valence-corrected chi connectivity index (χ1v) is 7.12. The van der Waals surface area contributed by atoms with Gasteiger partial charge >= 0.3 is 5.97 Å². The zero-order valence-electron chi connectivity index (χ0n) is 9.93. The molecule has 0 saturated carbocycles. The molecule has 1 atom stereocenters. The predicted molar refractivity (Wildman–Crippen MR) is 72.4 cm³/mol. The van der Waals surface area contributed by atoms with Crippen molar-refractivity contribution in [3.8, 4) is 0 Å². The fourth-order valence-electron chi connectivity index (χ4n) is 1.50. The van der Waals surface area contributed by atoms with E-state index in [1.807, 2.05) is 0 Å². The fraction of sp³-hybridized carbons (Fsp3) is 0.917. The number of alkyl halides is 1. The third kappa shape index (κ3) is 12.1. The van der Waals surface area contributed by atoms with Gasteiger partial charge in [0.25, 0.3) is 0 Å². The van der Waals surface area contributed by atoms with Gasteiger partial charge in [-0.2, -0.15) is 0 Å². The summed E-state index contributed by atoms with van der Waals surface area (Å²) in [5.41, 5.74) is 0. The molecule has 0 rings (SSSR count). The van der Waals surface area contributed by atoms with E-state index in [0.717, 1.165) is 16.8 Å². The monoisotopic (exact) mass is 326 g/mol. The maximum atomic E-state index is 10.8. The Balaban J connectivity index is 3.02. The third-order valence-corrected chi connectivity index (χ3v) is 3.08. The van der Waals surface area contributed by atoms with Crippen LogP contribution in [0.4, 0.5) is 0 Å². The molecule has 0 aromatic rings. The number of hydrogen-bond donors (Lipinski definition) is 0. The number of carbonyl (C=O) groups is 1. The Morgan fingerprint density at radius 3 is 2.20 bits per heavy atom. The van der Waals surface area contributed by atoms with E-state index in [2.05, 4.69) is 34.3 Å². The van der Waals surface area contributed by atoms with Crippen LogP contribution in [0.5, 0.6) is 0 Å². The van der Waals surface area contributed by atoms with Crippen molar-refractivity contribution in [2.75, 3.05) is 7.11 Å². The summed E-state index contributed by atoms with van der Waals surface area (Å²) in [6.45, 7) is 2.26. The Kier molecular flexibility index (Phi) is 10.9. The van der Waals surface area contributed by atoms with Crippen molar-refractivity contribution in [3.63, 3.8) is 0 Å². The summed E-state index contributed by atoms with van der Waals surface area (Å²) in [6.07, 6.45) is 9.32. The molecule has 0 saturated heterocycles. The maximum Gasteiger partial charge on any atom is 0.305 e. The molecular formula is C12H23IO2. The number of rotatable bonds is 9. The molecular weight excluding hydrogens is 303 g/mol. The van der Waals surface area contributed by atoms with E-state index >= 15 is 0 Å². The standard InChI is InChI=1S/C12H23IO2/c1-11(13)9-7-5-3-4-6-8-10-12(14)15-2/h11H,3-10H2,1-2H3. The highest BCUT2D eigenvalue weighted by molar-refractivity contribution is 14.1. The highest BCUT2D eigenvalue weighted by Crippen LogP contribution is 2.13. The minimum Gasteiger partial charge on any atom is -0.469 e. The summed E-state index contributed by atoms with van der Waals surface area (Å²) in [5, 5.41) is 0. The third-order valence-electron chi connectivity index (χ3n) is 2.46. The van der Waals surface area contributed by atoms with Gasteiger partial charge in [0.15, 0.2) is 0 Å². The van der Waals surface area contributed by atoms with Gasteiger partial charge in [0.2, 0.25) is 0 Å². The van der Waals surface area contributed by atoms with E-state index in [1.54, 1.807) is 0 Å². The number of esters is 1. The number of unbranched alkanes of at least 4 members (excludes halogenated alkanes) is 5. The second-order valence-corrected chi connectivity index (χ2v) is 6.14. The van der Waals surface area contributed by atoms with Gasteiger partial charge in [-0.3, -0.25) is 4.79 Å². The normalized spacial score (nSPS) is 12.5. The number of halogens is 1. The second kappa shape index (κ2) is 10.7. The second-order valence-electron chi connectivity index (χ2n) is 4.02. The van der Waals surface area contributed by atoms with Crippen molar-refractivity contribution < 1.29 is 9.53 Å². The Bertz CT molecular complexity index is 158. The predicted octanol–water partition coefficient (Wildman–Crippen LogP) is 4.10. The minimum absolute atomic E-state index is 0.0752. The average Bonchev–Trinajstić information content (AvgIpc) is 2.21. The molecule has 2 nitrogen and oxygen atoms in total. The minimum atomic E-state index is -0.0752. The molecule has 0 aromatic carbocycles. The van der Waals surface area contributed by atoms with E-state index in [0.29, 0.717) is 6.42 Å². The van der Waals surface area contributed by atoms with Crippen LogP contribution in [0.2, 0.25) is 0 Å². The van der Waals surface area contributed by atoms with Gasteiger partial charge in [-0.05, 0) is 12.8 Å². The fourth-order valence-corrected chi connectivity index (χ4v) is 1.94. The van der Waals surface area contributed by atoms with Gasteiger partial charge in [0.1, 0.15) is 0 Å². The van der Waals surface area contributed by atoms with Crippen LogP contribution >= 0.6 is 22.6 Å². The lowest BCUT2D eigenvalue weighted by molar-refractivity contribution is -0.140. The van der Waals surface area contributed by atoms with Crippen LogP contribution in [-0.4, -0.2) is 17.0 Å².